The predicted molar refractivity (Wildman–Crippen MR) is 75.2 cm³/mol. The van der Waals surface area contributed by atoms with Crippen molar-refractivity contribution in [3.05, 3.63) is 70.8 Å². The van der Waals surface area contributed by atoms with Crippen LogP contribution >= 0.6 is 0 Å². The highest BCUT2D eigenvalue weighted by Gasteiger charge is 2.03. The first-order valence-electron chi connectivity index (χ1n) is 6.32. The van der Waals surface area contributed by atoms with Gasteiger partial charge in [-0.25, -0.2) is 0 Å². The van der Waals surface area contributed by atoms with Crippen molar-refractivity contribution in [2.24, 2.45) is 0 Å². The fraction of sp³-hybridized carbons (Fsp3) is 0.235. The molecule has 0 saturated carbocycles. The number of benzene rings is 2. The number of rotatable bonds is 4. The van der Waals surface area contributed by atoms with E-state index >= 15 is 0 Å². The Labute approximate surface area is 108 Å². The van der Waals surface area contributed by atoms with E-state index in [9.17, 15) is 4.79 Å². The van der Waals surface area contributed by atoms with Gasteiger partial charge in [-0.15, -0.1) is 0 Å². The standard InChI is InChI=1S/C17H18O/c1-13(2)15-9-7-14(8-10-15)11-16-5-3-4-6-17(16)12-18/h3-10,12-13H,11H2,1-2H3. The third kappa shape index (κ3) is 2.86. The van der Waals surface area contributed by atoms with Crippen LogP contribution in [0, 0.1) is 0 Å². The van der Waals surface area contributed by atoms with Crippen molar-refractivity contribution >= 4 is 6.29 Å². The van der Waals surface area contributed by atoms with Gasteiger partial charge in [0.15, 0.2) is 0 Å². The molecule has 0 unspecified atom stereocenters. The zero-order chi connectivity index (χ0) is 13.0. The van der Waals surface area contributed by atoms with E-state index in [0.717, 1.165) is 23.8 Å². The quantitative estimate of drug-likeness (QED) is 0.729. The zero-order valence-electron chi connectivity index (χ0n) is 10.9. The van der Waals surface area contributed by atoms with Crippen molar-refractivity contribution in [1.82, 2.24) is 0 Å². The molecule has 0 aromatic heterocycles. The molecule has 0 saturated heterocycles. The van der Waals surface area contributed by atoms with E-state index in [-0.39, 0.29) is 0 Å². The minimum Gasteiger partial charge on any atom is -0.298 e. The maximum absolute atomic E-state index is 11.0. The van der Waals surface area contributed by atoms with Gasteiger partial charge in [0.25, 0.3) is 0 Å². The highest BCUT2D eigenvalue weighted by molar-refractivity contribution is 5.77. The fourth-order valence-electron chi connectivity index (χ4n) is 2.05. The molecule has 0 radical (unpaired) electrons. The molecule has 0 bridgehead atoms. The monoisotopic (exact) mass is 238 g/mol. The second-order valence-electron chi connectivity index (χ2n) is 4.89. The number of carbonyl (C=O) groups is 1. The van der Waals surface area contributed by atoms with Crippen molar-refractivity contribution in [2.75, 3.05) is 0 Å². The minimum atomic E-state index is 0.557. The normalized spacial score (nSPS) is 10.6. The summed E-state index contributed by atoms with van der Waals surface area (Å²) in [6.45, 7) is 4.38. The van der Waals surface area contributed by atoms with Gasteiger partial charge in [0.2, 0.25) is 0 Å². The smallest absolute Gasteiger partial charge is 0.150 e. The van der Waals surface area contributed by atoms with Crippen LogP contribution in [-0.2, 0) is 6.42 Å². The zero-order valence-corrected chi connectivity index (χ0v) is 10.9. The summed E-state index contributed by atoms with van der Waals surface area (Å²) in [6.07, 6.45) is 1.74. The molecule has 0 atom stereocenters. The number of hydrogen-bond donors (Lipinski definition) is 0. The summed E-state index contributed by atoms with van der Waals surface area (Å²) >= 11 is 0. The van der Waals surface area contributed by atoms with Gasteiger partial charge in [-0.05, 0) is 29.0 Å². The first-order valence-corrected chi connectivity index (χ1v) is 6.32. The van der Waals surface area contributed by atoms with Crippen molar-refractivity contribution in [2.45, 2.75) is 26.2 Å². The van der Waals surface area contributed by atoms with Gasteiger partial charge in [-0.1, -0.05) is 62.4 Å². The molecule has 0 N–H and O–H groups in total. The molecular formula is C17H18O. The Hall–Kier alpha value is -1.89. The molecule has 92 valence electrons. The van der Waals surface area contributed by atoms with Crippen LogP contribution in [0.4, 0.5) is 0 Å². The van der Waals surface area contributed by atoms with E-state index in [4.69, 9.17) is 0 Å². The van der Waals surface area contributed by atoms with Gasteiger partial charge in [0.1, 0.15) is 6.29 Å². The highest BCUT2D eigenvalue weighted by Crippen LogP contribution is 2.17. The Bertz CT molecular complexity index is 524. The van der Waals surface area contributed by atoms with E-state index in [2.05, 4.69) is 38.1 Å². The molecule has 0 aliphatic heterocycles. The van der Waals surface area contributed by atoms with Gasteiger partial charge in [0, 0.05) is 5.56 Å². The maximum atomic E-state index is 11.0. The van der Waals surface area contributed by atoms with Crippen LogP contribution in [0.25, 0.3) is 0 Å². The molecule has 1 heteroatoms. The average Bonchev–Trinajstić information content (AvgIpc) is 2.40. The van der Waals surface area contributed by atoms with E-state index in [0.29, 0.717) is 5.92 Å². The first-order chi connectivity index (χ1) is 8.70. The van der Waals surface area contributed by atoms with Crippen LogP contribution in [0.15, 0.2) is 48.5 Å². The Morgan fingerprint density at radius 3 is 2.28 bits per heavy atom. The third-order valence-corrected chi connectivity index (χ3v) is 3.22. The molecule has 1 nitrogen and oxygen atoms in total. The molecule has 0 amide bonds. The maximum Gasteiger partial charge on any atom is 0.150 e. The molecule has 0 aliphatic rings. The van der Waals surface area contributed by atoms with Gasteiger partial charge < -0.3 is 0 Å². The molecule has 2 aromatic rings. The summed E-state index contributed by atoms with van der Waals surface area (Å²) in [5.74, 6) is 0.557. The largest absolute Gasteiger partial charge is 0.298 e. The lowest BCUT2D eigenvalue weighted by atomic mass is 9.97. The summed E-state index contributed by atoms with van der Waals surface area (Å²) in [6, 6.07) is 16.4. The Morgan fingerprint density at radius 2 is 1.67 bits per heavy atom. The van der Waals surface area contributed by atoms with Gasteiger partial charge in [0.05, 0.1) is 0 Å². The average molecular weight is 238 g/mol. The highest BCUT2D eigenvalue weighted by atomic mass is 16.1. The summed E-state index contributed by atoms with van der Waals surface area (Å²) in [5.41, 5.74) is 4.46. The minimum absolute atomic E-state index is 0.557. The van der Waals surface area contributed by atoms with Crippen LogP contribution in [0.5, 0.6) is 0 Å². The summed E-state index contributed by atoms with van der Waals surface area (Å²) < 4.78 is 0. The molecule has 2 rings (SSSR count). The number of hydrogen-bond acceptors (Lipinski definition) is 1. The Morgan fingerprint density at radius 1 is 1.00 bits per heavy atom. The lowest BCUT2D eigenvalue weighted by Crippen LogP contribution is -1.95. The third-order valence-electron chi connectivity index (χ3n) is 3.22. The molecule has 2 aromatic carbocycles. The molecule has 18 heavy (non-hydrogen) atoms. The van der Waals surface area contributed by atoms with E-state index in [1.165, 1.54) is 11.1 Å². The van der Waals surface area contributed by atoms with E-state index < -0.39 is 0 Å². The fourth-order valence-corrected chi connectivity index (χ4v) is 2.05. The Balaban J connectivity index is 2.21. The summed E-state index contributed by atoms with van der Waals surface area (Å²) in [4.78, 5) is 11.0. The second-order valence-corrected chi connectivity index (χ2v) is 4.89. The van der Waals surface area contributed by atoms with Crippen LogP contribution in [0.2, 0.25) is 0 Å². The van der Waals surface area contributed by atoms with Crippen molar-refractivity contribution < 1.29 is 4.79 Å². The lowest BCUT2D eigenvalue weighted by Gasteiger charge is -2.08. The number of carbonyl (C=O) groups excluding carboxylic acids is 1. The van der Waals surface area contributed by atoms with Crippen LogP contribution in [0.3, 0.4) is 0 Å². The molecule has 0 spiro atoms. The predicted octanol–water partition coefficient (Wildman–Crippen LogP) is 4.21. The molecular weight excluding hydrogens is 220 g/mol. The van der Waals surface area contributed by atoms with Crippen LogP contribution in [-0.4, -0.2) is 6.29 Å². The first kappa shape index (κ1) is 12.6. The summed E-state index contributed by atoms with van der Waals surface area (Å²) in [7, 11) is 0. The van der Waals surface area contributed by atoms with Gasteiger partial charge >= 0.3 is 0 Å². The van der Waals surface area contributed by atoms with Gasteiger partial charge in [-0.3, -0.25) is 4.79 Å². The SMILES string of the molecule is CC(C)c1ccc(Cc2ccccc2C=O)cc1. The van der Waals surface area contributed by atoms with E-state index in [1.807, 2.05) is 24.3 Å². The van der Waals surface area contributed by atoms with Gasteiger partial charge in [-0.2, -0.15) is 0 Å². The van der Waals surface area contributed by atoms with Crippen LogP contribution in [0.1, 0.15) is 46.8 Å². The van der Waals surface area contributed by atoms with Crippen molar-refractivity contribution in [3.8, 4) is 0 Å². The van der Waals surface area contributed by atoms with Crippen LogP contribution < -0.4 is 0 Å². The number of aldehydes is 1. The second kappa shape index (κ2) is 5.63. The van der Waals surface area contributed by atoms with E-state index in [1.54, 1.807) is 0 Å². The molecule has 0 fully saturated rings. The topological polar surface area (TPSA) is 17.1 Å². The summed E-state index contributed by atoms with van der Waals surface area (Å²) in [5, 5.41) is 0. The van der Waals surface area contributed by atoms with Crippen molar-refractivity contribution in [3.63, 3.8) is 0 Å². The lowest BCUT2D eigenvalue weighted by molar-refractivity contribution is 0.112. The molecule has 0 heterocycles. The Kier molecular flexibility index (Phi) is 3.93. The molecule has 0 aliphatic carbocycles. The van der Waals surface area contributed by atoms with Crippen molar-refractivity contribution in [1.29, 1.82) is 0 Å².